The Bertz CT molecular complexity index is 558. The number of aryl methyl sites for hydroxylation is 1. The Kier molecular flexibility index (Phi) is 6.39. The molecule has 0 aliphatic heterocycles. The van der Waals surface area contributed by atoms with Gasteiger partial charge in [-0.25, -0.2) is 0 Å². The molecule has 2 rings (SSSR count). The molecule has 4 heteroatoms. The minimum absolute atomic E-state index is 0.0400. The zero-order chi connectivity index (χ0) is 16.7. The lowest BCUT2D eigenvalue weighted by Gasteiger charge is -2.20. The Morgan fingerprint density at radius 1 is 1.26 bits per heavy atom. The van der Waals surface area contributed by atoms with Crippen LogP contribution < -0.4 is 0 Å². The zero-order valence-corrected chi connectivity index (χ0v) is 14.0. The van der Waals surface area contributed by atoms with Crippen LogP contribution in [0.3, 0.4) is 0 Å². The van der Waals surface area contributed by atoms with Crippen molar-refractivity contribution in [1.29, 1.82) is 0 Å². The van der Waals surface area contributed by atoms with Gasteiger partial charge < -0.3 is 9.64 Å². The van der Waals surface area contributed by atoms with E-state index >= 15 is 0 Å². The van der Waals surface area contributed by atoms with Gasteiger partial charge in [0.15, 0.2) is 0 Å². The maximum atomic E-state index is 12.4. The number of nitrogens with zero attached hydrogens (tertiary/aromatic N) is 1. The number of amides is 1. The summed E-state index contributed by atoms with van der Waals surface area (Å²) in [4.78, 5) is 25.7. The Balaban J connectivity index is 1.92. The van der Waals surface area contributed by atoms with Crippen LogP contribution in [0.5, 0.6) is 0 Å². The van der Waals surface area contributed by atoms with E-state index in [4.69, 9.17) is 4.74 Å². The van der Waals surface area contributed by atoms with Crippen LogP contribution in [-0.4, -0.2) is 36.5 Å². The number of rotatable bonds is 8. The van der Waals surface area contributed by atoms with E-state index < -0.39 is 0 Å². The molecule has 23 heavy (non-hydrogen) atoms. The van der Waals surface area contributed by atoms with Crippen molar-refractivity contribution < 1.29 is 14.3 Å². The van der Waals surface area contributed by atoms with E-state index in [0.717, 1.165) is 12.1 Å². The zero-order valence-electron chi connectivity index (χ0n) is 14.0. The van der Waals surface area contributed by atoms with Gasteiger partial charge in [0.25, 0.3) is 0 Å². The van der Waals surface area contributed by atoms with E-state index in [9.17, 15) is 9.59 Å². The van der Waals surface area contributed by atoms with Crippen molar-refractivity contribution in [3.8, 4) is 0 Å². The number of carbonyl (C=O) groups is 2. The Labute approximate surface area is 138 Å². The molecule has 1 amide bonds. The van der Waals surface area contributed by atoms with E-state index in [-0.39, 0.29) is 18.3 Å². The monoisotopic (exact) mass is 315 g/mol. The first kappa shape index (κ1) is 17.3. The molecule has 4 nitrogen and oxygen atoms in total. The summed E-state index contributed by atoms with van der Waals surface area (Å²) in [5.74, 6) is 0.305. The summed E-state index contributed by atoms with van der Waals surface area (Å²) < 4.78 is 4.94. The molecule has 0 heterocycles. The Morgan fingerprint density at radius 2 is 1.96 bits per heavy atom. The highest BCUT2D eigenvalue weighted by Crippen LogP contribution is 2.29. The third-order valence-electron chi connectivity index (χ3n) is 3.87. The largest absolute Gasteiger partial charge is 0.466 e. The fraction of sp³-hybridized carbons (Fsp3) is 0.474. The summed E-state index contributed by atoms with van der Waals surface area (Å²) in [6, 6.07) is 8.02. The first-order valence-corrected chi connectivity index (χ1v) is 8.27. The molecular weight excluding hydrogens is 290 g/mol. The molecule has 1 aromatic carbocycles. The van der Waals surface area contributed by atoms with Crippen LogP contribution >= 0.6 is 0 Å². The Hall–Kier alpha value is -2.10. The molecule has 1 aliphatic carbocycles. The lowest BCUT2D eigenvalue weighted by Crippen LogP contribution is -2.33. The van der Waals surface area contributed by atoms with Crippen molar-refractivity contribution in [3.05, 3.63) is 41.5 Å². The predicted molar refractivity (Wildman–Crippen MR) is 90.8 cm³/mol. The number of ether oxygens (including phenoxy) is 1. The molecule has 1 aromatic rings. The van der Waals surface area contributed by atoms with E-state index in [1.807, 2.05) is 37.3 Å². The van der Waals surface area contributed by atoms with E-state index in [2.05, 4.69) is 0 Å². The van der Waals surface area contributed by atoms with E-state index in [1.54, 1.807) is 17.9 Å². The van der Waals surface area contributed by atoms with E-state index in [0.29, 0.717) is 19.1 Å². The van der Waals surface area contributed by atoms with Crippen molar-refractivity contribution in [2.24, 2.45) is 5.92 Å². The van der Waals surface area contributed by atoms with Gasteiger partial charge in [-0.05, 0) is 44.2 Å². The third kappa shape index (κ3) is 6.27. The SMILES string of the molecule is CCOC(=O)CCN(CC1CC1)C(=O)/C=C/c1ccc(C)cc1. The van der Waals surface area contributed by atoms with Gasteiger partial charge in [0.05, 0.1) is 13.0 Å². The topological polar surface area (TPSA) is 46.6 Å². The molecule has 0 bridgehead atoms. The van der Waals surface area contributed by atoms with Crippen molar-refractivity contribution >= 4 is 18.0 Å². The fourth-order valence-corrected chi connectivity index (χ4v) is 2.31. The van der Waals surface area contributed by atoms with Gasteiger partial charge in [-0.15, -0.1) is 0 Å². The second-order valence-corrected chi connectivity index (χ2v) is 6.03. The summed E-state index contributed by atoms with van der Waals surface area (Å²) in [5, 5.41) is 0. The highest BCUT2D eigenvalue weighted by atomic mass is 16.5. The van der Waals surface area contributed by atoms with E-state index in [1.165, 1.54) is 18.4 Å². The minimum Gasteiger partial charge on any atom is -0.466 e. The van der Waals surface area contributed by atoms with Crippen LogP contribution in [0.2, 0.25) is 0 Å². The van der Waals surface area contributed by atoms with Gasteiger partial charge in [0.1, 0.15) is 0 Å². The molecule has 0 saturated heterocycles. The number of esters is 1. The maximum Gasteiger partial charge on any atom is 0.307 e. The Morgan fingerprint density at radius 3 is 2.57 bits per heavy atom. The summed E-state index contributed by atoms with van der Waals surface area (Å²) in [5.41, 5.74) is 2.19. The molecule has 1 saturated carbocycles. The summed E-state index contributed by atoms with van der Waals surface area (Å²) in [7, 11) is 0. The third-order valence-corrected chi connectivity index (χ3v) is 3.87. The second-order valence-electron chi connectivity index (χ2n) is 6.03. The first-order valence-electron chi connectivity index (χ1n) is 8.27. The van der Waals surface area contributed by atoms with Gasteiger partial charge in [-0.1, -0.05) is 29.8 Å². The van der Waals surface area contributed by atoms with Crippen LogP contribution in [-0.2, 0) is 14.3 Å². The molecular formula is C19H25NO3. The van der Waals surface area contributed by atoms with Gasteiger partial charge in [-0.3, -0.25) is 9.59 Å². The molecule has 0 N–H and O–H groups in total. The average molecular weight is 315 g/mol. The number of hydrogen-bond acceptors (Lipinski definition) is 3. The van der Waals surface area contributed by atoms with Crippen LogP contribution in [0.1, 0.15) is 37.3 Å². The van der Waals surface area contributed by atoms with Crippen molar-refractivity contribution in [2.45, 2.75) is 33.1 Å². The van der Waals surface area contributed by atoms with Crippen LogP contribution in [0, 0.1) is 12.8 Å². The number of benzene rings is 1. The van der Waals surface area contributed by atoms with Crippen molar-refractivity contribution in [2.75, 3.05) is 19.7 Å². The standard InChI is InChI=1S/C19H25NO3/c1-3-23-19(22)12-13-20(14-17-8-9-17)18(21)11-10-16-6-4-15(2)5-7-16/h4-7,10-11,17H,3,8-9,12-14H2,1-2H3/b11-10+. The average Bonchev–Trinajstić information content (AvgIpc) is 3.35. The number of carbonyl (C=O) groups excluding carboxylic acids is 2. The van der Waals surface area contributed by atoms with Crippen LogP contribution in [0.15, 0.2) is 30.3 Å². The maximum absolute atomic E-state index is 12.4. The second kappa shape index (κ2) is 8.51. The van der Waals surface area contributed by atoms with Crippen molar-refractivity contribution in [1.82, 2.24) is 4.90 Å². The van der Waals surface area contributed by atoms with Gasteiger partial charge in [0, 0.05) is 19.2 Å². The molecule has 0 unspecified atom stereocenters. The predicted octanol–water partition coefficient (Wildman–Crippen LogP) is 3.20. The minimum atomic E-state index is -0.247. The van der Waals surface area contributed by atoms with Crippen LogP contribution in [0.4, 0.5) is 0 Å². The molecule has 0 atom stereocenters. The number of hydrogen-bond donors (Lipinski definition) is 0. The van der Waals surface area contributed by atoms with Gasteiger partial charge in [-0.2, -0.15) is 0 Å². The lowest BCUT2D eigenvalue weighted by molar-refractivity contribution is -0.143. The summed E-state index contributed by atoms with van der Waals surface area (Å²) in [6.07, 6.45) is 6.02. The molecule has 124 valence electrons. The highest BCUT2D eigenvalue weighted by Gasteiger charge is 2.26. The van der Waals surface area contributed by atoms with Gasteiger partial charge in [0.2, 0.25) is 5.91 Å². The van der Waals surface area contributed by atoms with Crippen molar-refractivity contribution in [3.63, 3.8) is 0 Å². The smallest absolute Gasteiger partial charge is 0.307 e. The molecule has 0 radical (unpaired) electrons. The molecule has 1 fully saturated rings. The first-order chi connectivity index (χ1) is 11.1. The quantitative estimate of drug-likeness (QED) is 0.547. The van der Waals surface area contributed by atoms with Gasteiger partial charge >= 0.3 is 5.97 Å². The molecule has 0 aromatic heterocycles. The molecule has 0 spiro atoms. The highest BCUT2D eigenvalue weighted by molar-refractivity contribution is 5.92. The normalized spacial score (nSPS) is 14.0. The van der Waals surface area contributed by atoms with Crippen LogP contribution in [0.25, 0.3) is 6.08 Å². The molecule has 1 aliphatic rings. The summed E-state index contributed by atoms with van der Waals surface area (Å²) in [6.45, 7) is 5.35. The summed E-state index contributed by atoms with van der Waals surface area (Å²) >= 11 is 0. The lowest BCUT2D eigenvalue weighted by atomic mass is 10.1. The fourth-order valence-electron chi connectivity index (χ4n) is 2.31.